The van der Waals surface area contributed by atoms with E-state index < -0.39 is 17.6 Å². The Morgan fingerprint density at radius 1 is 1.11 bits per heavy atom. The number of hydrogen-bond acceptors (Lipinski definition) is 2. The van der Waals surface area contributed by atoms with E-state index in [0.29, 0.717) is 10.7 Å². The van der Waals surface area contributed by atoms with Gasteiger partial charge in [0.05, 0.1) is 10.0 Å². The summed E-state index contributed by atoms with van der Waals surface area (Å²) in [4.78, 5) is 3.53. The van der Waals surface area contributed by atoms with Gasteiger partial charge in [0.2, 0.25) is 5.88 Å². The highest BCUT2D eigenvalue weighted by molar-refractivity contribution is 9.10. The number of alkyl halides is 3. The van der Waals surface area contributed by atoms with Crippen molar-refractivity contribution in [2.24, 2.45) is 0 Å². The zero-order valence-electron chi connectivity index (χ0n) is 9.21. The minimum atomic E-state index is -4.45. The lowest BCUT2D eigenvalue weighted by Gasteiger charge is -2.09. The van der Waals surface area contributed by atoms with E-state index in [9.17, 15) is 17.6 Å². The Kier molecular flexibility index (Phi) is 3.75. The molecule has 0 amide bonds. The molecule has 0 aliphatic carbocycles. The van der Waals surface area contributed by atoms with E-state index in [-0.39, 0.29) is 11.6 Å². The van der Waals surface area contributed by atoms with Gasteiger partial charge in [-0.2, -0.15) is 13.2 Å². The Hall–Kier alpha value is -1.63. The minimum absolute atomic E-state index is 0.0562. The SMILES string of the molecule is Fc1ccc(Br)c(Oc2ccc(C(F)(F)F)cn2)c1. The minimum Gasteiger partial charge on any atom is -0.438 e. The van der Waals surface area contributed by atoms with Gasteiger partial charge in [-0.1, -0.05) is 0 Å². The van der Waals surface area contributed by atoms with Crippen LogP contribution in [0, 0.1) is 5.82 Å². The van der Waals surface area contributed by atoms with Gasteiger partial charge < -0.3 is 4.74 Å². The predicted molar refractivity (Wildman–Crippen MR) is 63.4 cm³/mol. The molecule has 0 bridgehead atoms. The molecule has 0 atom stereocenters. The van der Waals surface area contributed by atoms with Crippen LogP contribution in [0.2, 0.25) is 0 Å². The maximum atomic E-state index is 13.0. The number of nitrogens with zero attached hydrogens (tertiary/aromatic N) is 1. The number of halogens is 5. The van der Waals surface area contributed by atoms with Gasteiger partial charge in [-0.25, -0.2) is 9.37 Å². The lowest BCUT2D eigenvalue weighted by atomic mass is 10.3. The molecule has 1 aromatic heterocycles. The fourth-order valence-corrected chi connectivity index (χ4v) is 1.60. The summed E-state index contributed by atoms with van der Waals surface area (Å²) in [6.07, 6.45) is -3.80. The van der Waals surface area contributed by atoms with Gasteiger partial charge in [-0.05, 0) is 34.1 Å². The molecule has 0 aliphatic heterocycles. The monoisotopic (exact) mass is 335 g/mol. The zero-order valence-corrected chi connectivity index (χ0v) is 10.8. The molecule has 0 unspecified atom stereocenters. The van der Waals surface area contributed by atoms with Crippen LogP contribution in [-0.4, -0.2) is 4.98 Å². The molecular weight excluding hydrogens is 330 g/mol. The van der Waals surface area contributed by atoms with E-state index in [1.54, 1.807) is 0 Å². The van der Waals surface area contributed by atoms with Crippen LogP contribution in [0.25, 0.3) is 0 Å². The molecule has 100 valence electrons. The molecule has 0 spiro atoms. The standard InChI is InChI=1S/C12H6BrF4NO/c13-9-3-2-8(14)5-10(9)19-11-4-1-7(6-18-11)12(15,16)17/h1-6H. The van der Waals surface area contributed by atoms with Gasteiger partial charge in [-0.15, -0.1) is 0 Å². The van der Waals surface area contributed by atoms with Gasteiger partial charge in [0, 0.05) is 18.3 Å². The molecule has 0 saturated carbocycles. The highest BCUT2D eigenvalue weighted by atomic mass is 79.9. The third-order valence-electron chi connectivity index (χ3n) is 2.17. The van der Waals surface area contributed by atoms with E-state index in [1.807, 2.05) is 0 Å². The second-order valence-electron chi connectivity index (χ2n) is 3.56. The third kappa shape index (κ3) is 3.44. The Morgan fingerprint density at radius 3 is 2.42 bits per heavy atom. The Labute approximate surface area is 114 Å². The van der Waals surface area contributed by atoms with Crippen LogP contribution in [0.5, 0.6) is 11.6 Å². The van der Waals surface area contributed by atoms with Crippen molar-refractivity contribution >= 4 is 15.9 Å². The van der Waals surface area contributed by atoms with Crippen molar-refractivity contribution in [3.8, 4) is 11.6 Å². The molecule has 2 nitrogen and oxygen atoms in total. The lowest BCUT2D eigenvalue weighted by Crippen LogP contribution is -2.05. The number of rotatable bonds is 2. The van der Waals surface area contributed by atoms with Gasteiger partial charge >= 0.3 is 6.18 Å². The predicted octanol–water partition coefficient (Wildman–Crippen LogP) is 4.79. The topological polar surface area (TPSA) is 22.1 Å². The molecule has 19 heavy (non-hydrogen) atoms. The van der Waals surface area contributed by atoms with Crippen LogP contribution < -0.4 is 4.74 Å². The van der Waals surface area contributed by atoms with Crippen molar-refractivity contribution in [3.05, 3.63) is 52.4 Å². The number of aromatic nitrogens is 1. The van der Waals surface area contributed by atoms with Gasteiger partial charge in [0.25, 0.3) is 0 Å². The van der Waals surface area contributed by atoms with E-state index in [0.717, 1.165) is 18.2 Å². The summed E-state index contributed by atoms with van der Waals surface area (Å²) in [7, 11) is 0. The number of pyridine rings is 1. The van der Waals surface area contributed by atoms with Crippen molar-refractivity contribution in [3.63, 3.8) is 0 Å². The Bertz CT molecular complexity index is 583. The average molecular weight is 336 g/mol. The molecule has 1 aromatic carbocycles. The van der Waals surface area contributed by atoms with Crippen molar-refractivity contribution in [1.82, 2.24) is 4.98 Å². The van der Waals surface area contributed by atoms with Crippen LogP contribution in [0.15, 0.2) is 41.0 Å². The maximum Gasteiger partial charge on any atom is 0.417 e. The van der Waals surface area contributed by atoms with Crippen LogP contribution >= 0.6 is 15.9 Å². The Balaban J connectivity index is 2.22. The number of ether oxygens (including phenoxy) is 1. The molecule has 0 N–H and O–H groups in total. The van der Waals surface area contributed by atoms with E-state index in [2.05, 4.69) is 20.9 Å². The van der Waals surface area contributed by atoms with Crippen molar-refractivity contribution in [2.45, 2.75) is 6.18 Å². The quantitative estimate of drug-likeness (QED) is 0.736. The zero-order chi connectivity index (χ0) is 14.0. The van der Waals surface area contributed by atoms with Crippen molar-refractivity contribution in [2.75, 3.05) is 0 Å². The third-order valence-corrected chi connectivity index (χ3v) is 2.83. The second kappa shape index (κ2) is 5.16. The molecule has 1 heterocycles. The molecule has 0 saturated heterocycles. The molecule has 0 aliphatic rings. The van der Waals surface area contributed by atoms with Gasteiger partial charge in [0.1, 0.15) is 11.6 Å². The number of hydrogen-bond donors (Lipinski definition) is 0. The van der Waals surface area contributed by atoms with Crippen molar-refractivity contribution < 1.29 is 22.3 Å². The first-order valence-electron chi connectivity index (χ1n) is 5.02. The summed E-state index contributed by atoms with van der Waals surface area (Å²) < 4.78 is 55.6. The summed E-state index contributed by atoms with van der Waals surface area (Å²) in [5.74, 6) is -0.448. The normalized spacial score (nSPS) is 11.4. The van der Waals surface area contributed by atoms with E-state index in [4.69, 9.17) is 4.74 Å². The molecular formula is C12H6BrF4NO. The maximum absolute atomic E-state index is 13.0. The first kappa shape index (κ1) is 13.8. The largest absolute Gasteiger partial charge is 0.438 e. The summed E-state index contributed by atoms with van der Waals surface area (Å²) >= 11 is 3.13. The summed E-state index contributed by atoms with van der Waals surface area (Å²) in [5.41, 5.74) is -0.877. The van der Waals surface area contributed by atoms with Crippen LogP contribution in [0.4, 0.5) is 17.6 Å². The highest BCUT2D eigenvalue weighted by Crippen LogP contribution is 2.32. The fraction of sp³-hybridized carbons (Fsp3) is 0.0833. The van der Waals surface area contributed by atoms with Crippen LogP contribution in [0.3, 0.4) is 0 Å². The average Bonchev–Trinajstić information content (AvgIpc) is 2.33. The fourth-order valence-electron chi connectivity index (χ4n) is 1.28. The smallest absolute Gasteiger partial charge is 0.417 e. The first-order chi connectivity index (χ1) is 8.86. The van der Waals surface area contributed by atoms with Gasteiger partial charge in [0.15, 0.2) is 0 Å². The molecule has 7 heteroatoms. The van der Waals surface area contributed by atoms with E-state index >= 15 is 0 Å². The molecule has 2 aromatic rings. The van der Waals surface area contributed by atoms with Gasteiger partial charge in [-0.3, -0.25) is 0 Å². The first-order valence-corrected chi connectivity index (χ1v) is 5.82. The van der Waals surface area contributed by atoms with Crippen molar-refractivity contribution in [1.29, 1.82) is 0 Å². The molecule has 2 rings (SSSR count). The lowest BCUT2D eigenvalue weighted by molar-refractivity contribution is -0.137. The number of benzene rings is 1. The van der Waals surface area contributed by atoms with E-state index in [1.165, 1.54) is 12.1 Å². The summed E-state index contributed by atoms with van der Waals surface area (Å²) in [5, 5.41) is 0. The summed E-state index contributed by atoms with van der Waals surface area (Å²) in [6.45, 7) is 0. The van der Waals surface area contributed by atoms with Crippen LogP contribution in [-0.2, 0) is 6.18 Å². The Morgan fingerprint density at radius 2 is 1.84 bits per heavy atom. The molecule has 0 radical (unpaired) electrons. The molecule has 0 fully saturated rings. The highest BCUT2D eigenvalue weighted by Gasteiger charge is 2.30. The van der Waals surface area contributed by atoms with Crippen LogP contribution in [0.1, 0.15) is 5.56 Å². The second-order valence-corrected chi connectivity index (χ2v) is 4.41. The summed E-state index contributed by atoms with van der Waals surface area (Å²) in [6, 6.07) is 5.66.